The zero-order valence-corrected chi connectivity index (χ0v) is 62.8. The van der Waals surface area contributed by atoms with E-state index in [-0.39, 0.29) is 49.8 Å². The maximum absolute atomic E-state index is 16.9. The largest absolute Gasteiger partial charge is 0.461 e. The van der Waals surface area contributed by atoms with Crippen molar-refractivity contribution in [2.24, 2.45) is 22.7 Å². The second-order valence-electron chi connectivity index (χ2n) is 28.5. The molecule has 2 saturated carbocycles. The number of nitrogens with one attached hydrogen (secondary N) is 1. The van der Waals surface area contributed by atoms with E-state index in [1.807, 2.05) is 36.5 Å². The molecule has 2 aromatic rings. The lowest BCUT2D eigenvalue weighted by Gasteiger charge is -2.67. The molecule has 3 aliphatic carbocycles. The predicted octanol–water partition coefficient (Wildman–Crippen LogP) is 17.5. The SMILES string of the molecule is CCC=CCC=CCC=CCC=CCC=CCC=CCCC(=O)OC1=C2C(C)C(OC(=O)C(O)[C@H](NC(=O)OC(C)(C)C)c3ccccc3)C[C@@](O)([C@@H](OC(=O)c3ccccc3)[C@@H]3[C@]4(OC(C)=O)CO[C@@H]4C[C@H](OC(=O)CCC=CCC=CCC=CCC=CCC=CCC=CCC)[C@@]3(C)C1=O)C2(C)C. The maximum atomic E-state index is 16.9. The molecule has 6 rings (SSSR count). The molecule has 1 saturated heterocycles. The third-order valence-electron chi connectivity index (χ3n) is 19.3. The van der Waals surface area contributed by atoms with Crippen LogP contribution in [-0.2, 0) is 57.1 Å². The van der Waals surface area contributed by atoms with Gasteiger partial charge in [0.2, 0.25) is 5.78 Å². The number of ether oxygens (including phenoxy) is 7. The molecule has 3 N–H and O–H groups in total. The van der Waals surface area contributed by atoms with Crippen LogP contribution in [0.5, 0.6) is 0 Å². The van der Waals surface area contributed by atoms with E-state index in [1.54, 1.807) is 90.1 Å². The number of allylic oxidation sites excluding steroid dienone is 25. The summed E-state index contributed by atoms with van der Waals surface area (Å²) in [5.41, 5.74) is -9.07. The maximum Gasteiger partial charge on any atom is 0.408 e. The third kappa shape index (κ3) is 24.1. The molecule has 0 aromatic heterocycles. The lowest BCUT2D eigenvalue weighted by atomic mass is 9.45. The van der Waals surface area contributed by atoms with Gasteiger partial charge in [0.1, 0.15) is 35.6 Å². The van der Waals surface area contributed by atoms with Crippen molar-refractivity contribution in [2.75, 3.05) is 6.61 Å². The highest BCUT2D eigenvalue weighted by molar-refractivity contribution is 6.02. The van der Waals surface area contributed by atoms with E-state index < -0.39 is 130 Å². The van der Waals surface area contributed by atoms with Gasteiger partial charge in [0, 0.05) is 43.9 Å². The Bertz CT molecular complexity index is 3550. The van der Waals surface area contributed by atoms with Crippen molar-refractivity contribution < 1.29 is 76.9 Å². The van der Waals surface area contributed by atoms with Gasteiger partial charge in [-0.15, -0.1) is 0 Å². The molecular weight excluding hydrogens is 1310 g/mol. The number of fused-ring (bicyclic) bond motifs is 5. The molecule has 1 heterocycles. The fourth-order valence-electron chi connectivity index (χ4n) is 13.9. The average Bonchev–Trinajstić information content (AvgIpc) is 0.668. The molecule has 562 valence electrons. The van der Waals surface area contributed by atoms with Crippen LogP contribution < -0.4 is 5.32 Å². The molecule has 4 aliphatic rings. The molecule has 1 amide bonds. The molecule has 17 heteroatoms. The van der Waals surface area contributed by atoms with Crippen molar-refractivity contribution >= 4 is 41.7 Å². The molecule has 2 bridgehead atoms. The van der Waals surface area contributed by atoms with Gasteiger partial charge in [-0.25, -0.2) is 14.4 Å². The Morgan fingerprint density at radius 3 is 1.49 bits per heavy atom. The van der Waals surface area contributed by atoms with Crippen LogP contribution >= 0.6 is 0 Å². The van der Waals surface area contributed by atoms with Gasteiger partial charge in [-0.05, 0) is 141 Å². The minimum absolute atomic E-state index is 0.0333. The Hall–Kier alpha value is -8.77. The Morgan fingerprint density at radius 2 is 1.06 bits per heavy atom. The number of hydrogen-bond donors (Lipinski definition) is 3. The van der Waals surface area contributed by atoms with Gasteiger partial charge in [0.25, 0.3) is 0 Å². The summed E-state index contributed by atoms with van der Waals surface area (Å²) in [6.07, 6.45) is 50.2. The summed E-state index contributed by atoms with van der Waals surface area (Å²) in [5.74, 6) is -8.92. The lowest BCUT2D eigenvalue weighted by molar-refractivity contribution is -0.346. The second kappa shape index (κ2) is 42.3. The number of benzene rings is 2. The molecule has 0 spiro atoms. The number of Topliss-reactive ketones (excluding diaryl/α,β-unsaturated/α-hetero) is 1. The average molecular weight is 1430 g/mol. The number of carbonyl (C=O) groups excluding carboxylic acids is 7. The van der Waals surface area contributed by atoms with Crippen molar-refractivity contribution in [3.05, 3.63) is 229 Å². The van der Waals surface area contributed by atoms with Crippen LogP contribution in [0.15, 0.2) is 218 Å². The van der Waals surface area contributed by atoms with E-state index in [9.17, 15) is 34.2 Å². The predicted molar refractivity (Wildman–Crippen MR) is 406 cm³/mol. The fraction of sp³-hybridized carbons (Fsp3) is 0.483. The standard InChI is InChI=1S/C87H113NO16/c1-11-13-15-17-19-21-23-25-27-29-31-33-35-37-39-41-43-45-53-59-71(90)100-69-61-70-86(63-98-70,103-65(4)89)77-79(102-80(94)67-57-51-48-52-58-67)87(97)62-68(99-81(95)75(92)74(66-55-49-47-50-56-66)88-82(96)104-83(5,6)7)64(3)73(84(87,8)9)76(78(93)85(69,77)10)101-72(91)60-54-46-44-42-40-38-36-34-32-30-28-26-24-22-20-18-16-14-12-2/h13-16,19-22,25-28,31-34,37-40,43-52,55-58,64,68-70,74-75,77,79,92,97H,11-12,17-18,23-24,29-30,35-36,41-42,53-54,59-63H2,1-10H3,(H,88,96)/t64?,68?,69-,70+,74+,75?,77-,79-,85+,86-,87+/m0/s1. The minimum atomic E-state index is -2.52. The van der Waals surface area contributed by atoms with Crippen LogP contribution in [-0.4, -0.2) is 106 Å². The summed E-state index contributed by atoms with van der Waals surface area (Å²) in [6.45, 7) is 16.3. The van der Waals surface area contributed by atoms with E-state index in [0.29, 0.717) is 18.4 Å². The highest BCUT2D eigenvalue weighted by Gasteiger charge is 2.79. The molecular formula is C87H113NO16. The topological polar surface area (TPSA) is 237 Å². The van der Waals surface area contributed by atoms with Crippen molar-refractivity contribution in [1.29, 1.82) is 0 Å². The summed E-state index contributed by atoms with van der Waals surface area (Å²) >= 11 is 0. The molecule has 3 fully saturated rings. The molecule has 2 aromatic carbocycles. The number of amides is 1. The molecule has 3 unspecified atom stereocenters. The highest BCUT2D eigenvalue weighted by Crippen LogP contribution is 2.65. The number of alkyl carbamates (subject to hydrolysis) is 1. The smallest absolute Gasteiger partial charge is 0.408 e. The summed E-state index contributed by atoms with van der Waals surface area (Å²) < 4.78 is 44.2. The van der Waals surface area contributed by atoms with Crippen molar-refractivity contribution in [3.8, 4) is 0 Å². The van der Waals surface area contributed by atoms with Gasteiger partial charge in [0.15, 0.2) is 17.5 Å². The monoisotopic (exact) mass is 1430 g/mol. The first-order chi connectivity index (χ1) is 49.9. The summed E-state index contributed by atoms with van der Waals surface area (Å²) in [4.78, 5) is 103. The van der Waals surface area contributed by atoms with E-state index in [1.165, 1.54) is 26.0 Å². The van der Waals surface area contributed by atoms with Gasteiger partial charge in [-0.1, -0.05) is 229 Å². The number of hydrogen-bond acceptors (Lipinski definition) is 16. The van der Waals surface area contributed by atoms with Crippen LogP contribution in [0, 0.1) is 22.7 Å². The van der Waals surface area contributed by atoms with Crippen molar-refractivity contribution in [1.82, 2.24) is 5.32 Å². The first-order valence-electron chi connectivity index (χ1n) is 37.1. The Kier molecular flexibility index (Phi) is 34.2. The Morgan fingerprint density at radius 1 is 0.615 bits per heavy atom. The Balaban J connectivity index is 1.35. The highest BCUT2D eigenvalue weighted by atomic mass is 16.6. The number of rotatable bonds is 38. The van der Waals surface area contributed by atoms with E-state index in [0.717, 1.165) is 64.2 Å². The van der Waals surface area contributed by atoms with Gasteiger partial charge >= 0.3 is 35.9 Å². The van der Waals surface area contributed by atoms with Gasteiger partial charge in [0.05, 0.1) is 29.5 Å². The molecule has 104 heavy (non-hydrogen) atoms. The fourth-order valence-corrected chi connectivity index (χ4v) is 13.9. The number of carbonyl (C=O) groups is 7. The minimum Gasteiger partial charge on any atom is -0.461 e. The van der Waals surface area contributed by atoms with E-state index >= 15 is 9.59 Å². The third-order valence-corrected chi connectivity index (χ3v) is 19.3. The number of aliphatic hydroxyl groups excluding tert-OH is 1. The normalized spacial score (nSPS) is 24.9. The van der Waals surface area contributed by atoms with Gasteiger partial charge < -0.3 is 48.7 Å². The summed E-state index contributed by atoms with van der Waals surface area (Å²) in [5, 5.41) is 29.2. The van der Waals surface area contributed by atoms with Crippen molar-refractivity contribution in [2.45, 2.75) is 238 Å². The zero-order valence-electron chi connectivity index (χ0n) is 62.8. The first kappa shape index (κ1) is 84.2. The number of esters is 5. The van der Waals surface area contributed by atoms with Crippen LogP contribution in [0.2, 0.25) is 0 Å². The molecule has 11 atom stereocenters. The zero-order chi connectivity index (χ0) is 75.6. The van der Waals surface area contributed by atoms with Crippen LogP contribution in [0.25, 0.3) is 0 Å². The van der Waals surface area contributed by atoms with Crippen LogP contribution in [0.3, 0.4) is 0 Å². The van der Waals surface area contributed by atoms with Crippen LogP contribution in [0.1, 0.15) is 207 Å². The first-order valence-corrected chi connectivity index (χ1v) is 37.1. The quantitative estimate of drug-likeness (QED) is 0.0322. The number of aliphatic hydroxyl groups is 2. The Labute approximate surface area is 617 Å². The molecule has 1 aliphatic heterocycles. The van der Waals surface area contributed by atoms with E-state index in [2.05, 4.69) is 129 Å². The van der Waals surface area contributed by atoms with Crippen LogP contribution in [0.4, 0.5) is 4.79 Å². The van der Waals surface area contributed by atoms with Crippen molar-refractivity contribution in [3.63, 3.8) is 0 Å². The van der Waals surface area contributed by atoms with Gasteiger partial charge in [-0.2, -0.15) is 0 Å². The van der Waals surface area contributed by atoms with Gasteiger partial charge in [-0.3, -0.25) is 19.2 Å². The lowest BCUT2D eigenvalue weighted by Crippen LogP contribution is -2.81. The molecule has 17 nitrogen and oxygen atoms in total. The summed E-state index contributed by atoms with van der Waals surface area (Å²) in [7, 11) is 0. The van der Waals surface area contributed by atoms with E-state index in [4.69, 9.17) is 33.2 Å². The molecule has 0 radical (unpaired) electrons. The second-order valence-corrected chi connectivity index (χ2v) is 28.5. The number of ketones is 1. The summed E-state index contributed by atoms with van der Waals surface area (Å²) in [6, 6.07) is 14.6.